The molecule has 1 amide bonds. The Bertz CT molecular complexity index is 1300. The van der Waals surface area contributed by atoms with Crippen LogP contribution >= 0.6 is 11.6 Å². The van der Waals surface area contributed by atoms with Gasteiger partial charge in [0.25, 0.3) is 5.91 Å². The van der Waals surface area contributed by atoms with Crippen molar-refractivity contribution in [3.05, 3.63) is 57.3 Å². The fourth-order valence-corrected chi connectivity index (χ4v) is 3.92. The predicted molar refractivity (Wildman–Crippen MR) is 119 cm³/mol. The highest BCUT2D eigenvalue weighted by molar-refractivity contribution is 6.41. The number of carbonyl (C=O) groups excluding carboxylic acids is 1. The number of carboxylic acids is 1. The van der Waals surface area contributed by atoms with Gasteiger partial charge in [-0.1, -0.05) is 11.6 Å². The van der Waals surface area contributed by atoms with Crippen molar-refractivity contribution in [2.75, 3.05) is 17.7 Å². The molecule has 3 aromatic rings. The Morgan fingerprint density at radius 3 is 2.78 bits per heavy atom. The number of anilines is 2. The molecule has 11 heteroatoms. The predicted octanol–water partition coefficient (Wildman–Crippen LogP) is 2.85. The van der Waals surface area contributed by atoms with Crippen molar-refractivity contribution < 1.29 is 19.4 Å². The van der Waals surface area contributed by atoms with E-state index in [0.29, 0.717) is 22.7 Å². The molecular formula is C21H19ClN6O4. The van der Waals surface area contributed by atoms with Gasteiger partial charge < -0.3 is 20.6 Å². The van der Waals surface area contributed by atoms with Crippen molar-refractivity contribution >= 4 is 46.9 Å². The average molecular weight is 455 g/mol. The Hall–Kier alpha value is -3.92. The van der Waals surface area contributed by atoms with Crippen LogP contribution in [0.3, 0.4) is 0 Å². The lowest BCUT2D eigenvalue weighted by atomic mass is 10.1. The third-order valence-electron chi connectivity index (χ3n) is 5.17. The molecule has 0 radical (unpaired) electrons. The number of rotatable bonds is 5. The first-order chi connectivity index (χ1) is 15.2. The highest BCUT2D eigenvalue weighted by Crippen LogP contribution is 2.41. The number of nitrogens with two attached hydrogens (primary N) is 1. The summed E-state index contributed by atoms with van der Waals surface area (Å²) in [7, 11) is 1.58. The summed E-state index contributed by atoms with van der Waals surface area (Å²) in [6, 6.07) is 1.41. The lowest BCUT2D eigenvalue weighted by Gasteiger charge is -2.19. The summed E-state index contributed by atoms with van der Waals surface area (Å²) in [6.07, 6.45) is 4.52. The maximum atomic E-state index is 13.4. The molecule has 0 aromatic carbocycles. The first-order valence-electron chi connectivity index (χ1n) is 9.49. The van der Waals surface area contributed by atoms with Crippen LogP contribution in [-0.4, -0.2) is 44.0 Å². The maximum Gasteiger partial charge on any atom is 0.337 e. The Labute approximate surface area is 187 Å². The Balaban J connectivity index is 1.81. The van der Waals surface area contributed by atoms with E-state index in [1.54, 1.807) is 13.3 Å². The molecule has 0 saturated carbocycles. The van der Waals surface area contributed by atoms with E-state index >= 15 is 0 Å². The molecule has 1 aliphatic rings. The van der Waals surface area contributed by atoms with E-state index in [4.69, 9.17) is 27.2 Å². The molecule has 0 saturated heterocycles. The number of H-pyrrole nitrogens is 1. The summed E-state index contributed by atoms with van der Waals surface area (Å²) in [5.74, 6) is -0.620. The van der Waals surface area contributed by atoms with Gasteiger partial charge >= 0.3 is 5.97 Å². The lowest BCUT2D eigenvalue weighted by molar-refractivity contribution is -0.113. The van der Waals surface area contributed by atoms with Crippen molar-refractivity contribution in [2.45, 2.75) is 20.4 Å². The van der Waals surface area contributed by atoms with Gasteiger partial charge in [0.1, 0.15) is 10.9 Å². The monoisotopic (exact) mass is 454 g/mol. The van der Waals surface area contributed by atoms with Crippen LogP contribution in [0.15, 0.2) is 18.5 Å². The molecule has 32 heavy (non-hydrogen) atoms. The molecule has 0 bridgehead atoms. The summed E-state index contributed by atoms with van der Waals surface area (Å²) < 4.78 is 5.46. The molecule has 4 heterocycles. The largest absolute Gasteiger partial charge is 0.496 e. The van der Waals surface area contributed by atoms with Crippen molar-refractivity contribution in [3.8, 4) is 5.75 Å². The summed E-state index contributed by atoms with van der Waals surface area (Å²) in [6.45, 7) is 3.85. The van der Waals surface area contributed by atoms with Crippen molar-refractivity contribution in [2.24, 2.45) is 0 Å². The Kier molecular flexibility index (Phi) is 5.31. The number of aromatic amines is 1. The average Bonchev–Trinajstić information content (AvgIpc) is 3.29. The number of halogens is 1. The number of carbonyl (C=O) groups is 2. The second-order valence-electron chi connectivity index (χ2n) is 7.22. The molecular weight excluding hydrogens is 436 g/mol. The second-order valence-corrected chi connectivity index (χ2v) is 7.57. The van der Waals surface area contributed by atoms with Gasteiger partial charge in [-0.15, -0.1) is 0 Å². The number of aromatic carboxylic acids is 1. The molecule has 0 unspecified atom stereocenters. The first-order valence-corrected chi connectivity index (χ1v) is 9.86. The van der Waals surface area contributed by atoms with Gasteiger partial charge in [-0.2, -0.15) is 4.98 Å². The number of nitrogen functional groups attached to an aromatic ring is 1. The van der Waals surface area contributed by atoms with Gasteiger partial charge in [-0.05, 0) is 26.0 Å². The number of nitrogens with zero attached hydrogens (tertiary/aromatic N) is 4. The van der Waals surface area contributed by atoms with E-state index in [2.05, 4.69) is 19.9 Å². The van der Waals surface area contributed by atoms with Crippen LogP contribution in [0.1, 0.15) is 38.4 Å². The van der Waals surface area contributed by atoms with Crippen molar-refractivity contribution in [1.82, 2.24) is 19.9 Å². The highest BCUT2D eigenvalue weighted by Gasteiger charge is 2.37. The van der Waals surface area contributed by atoms with E-state index in [1.165, 1.54) is 23.2 Å². The molecule has 0 aliphatic carbocycles. The number of carboxylic acid groups (broad SMARTS) is 1. The van der Waals surface area contributed by atoms with Gasteiger partial charge in [0.15, 0.2) is 5.82 Å². The topological polar surface area (TPSA) is 147 Å². The van der Waals surface area contributed by atoms with Crippen LogP contribution in [-0.2, 0) is 11.3 Å². The van der Waals surface area contributed by atoms with E-state index in [0.717, 1.165) is 11.1 Å². The van der Waals surface area contributed by atoms with E-state index < -0.39 is 11.9 Å². The molecule has 4 rings (SSSR count). The Morgan fingerprint density at radius 1 is 1.38 bits per heavy atom. The third kappa shape index (κ3) is 3.54. The summed E-state index contributed by atoms with van der Waals surface area (Å²) in [5, 5.41) is 9.17. The fourth-order valence-electron chi connectivity index (χ4n) is 3.65. The zero-order valence-corrected chi connectivity index (χ0v) is 18.2. The van der Waals surface area contributed by atoms with Crippen LogP contribution in [0.4, 0.5) is 11.8 Å². The molecule has 0 atom stereocenters. The molecule has 4 N–H and O–H groups in total. The minimum Gasteiger partial charge on any atom is -0.496 e. The smallest absolute Gasteiger partial charge is 0.337 e. The number of aryl methyl sites for hydroxylation is 1. The molecule has 1 aliphatic heterocycles. The number of fused-ring (bicyclic) bond motifs is 1. The molecule has 164 valence electrons. The number of hydrogen-bond acceptors (Lipinski definition) is 7. The number of amides is 1. The minimum absolute atomic E-state index is 0.0192. The van der Waals surface area contributed by atoms with Crippen LogP contribution < -0.4 is 15.4 Å². The summed E-state index contributed by atoms with van der Waals surface area (Å²) >= 11 is 6.33. The summed E-state index contributed by atoms with van der Waals surface area (Å²) in [4.78, 5) is 41.5. The number of pyridine rings is 1. The van der Waals surface area contributed by atoms with Crippen LogP contribution in [0.2, 0.25) is 5.15 Å². The van der Waals surface area contributed by atoms with Gasteiger partial charge in [0.2, 0.25) is 5.95 Å². The molecule has 3 aromatic heterocycles. The lowest BCUT2D eigenvalue weighted by Crippen LogP contribution is -2.27. The number of aromatic nitrogens is 4. The molecule has 10 nitrogen and oxygen atoms in total. The summed E-state index contributed by atoms with van der Waals surface area (Å²) in [5.41, 5.74) is 9.08. The molecule has 0 spiro atoms. The number of nitrogens with one attached hydrogen (secondary N) is 1. The quantitative estimate of drug-likeness (QED) is 0.393. The first kappa shape index (κ1) is 21.3. The van der Waals surface area contributed by atoms with E-state index in [9.17, 15) is 9.59 Å². The van der Waals surface area contributed by atoms with Crippen molar-refractivity contribution in [3.63, 3.8) is 0 Å². The van der Waals surface area contributed by atoms with E-state index in [-0.39, 0.29) is 34.6 Å². The number of methoxy groups -OCH3 is 1. The maximum absolute atomic E-state index is 13.4. The molecule has 0 fully saturated rings. The van der Waals surface area contributed by atoms with Crippen LogP contribution in [0.5, 0.6) is 5.75 Å². The zero-order valence-electron chi connectivity index (χ0n) is 17.4. The van der Waals surface area contributed by atoms with Crippen LogP contribution in [0, 0.1) is 13.8 Å². The van der Waals surface area contributed by atoms with Crippen molar-refractivity contribution in [1.29, 1.82) is 0 Å². The van der Waals surface area contributed by atoms with Gasteiger partial charge in [0.05, 0.1) is 36.0 Å². The normalized spacial score (nSPS) is 14.2. The van der Waals surface area contributed by atoms with Gasteiger partial charge in [0, 0.05) is 29.2 Å². The van der Waals surface area contributed by atoms with Gasteiger partial charge in [-0.25, -0.2) is 9.78 Å². The third-order valence-corrected chi connectivity index (χ3v) is 5.45. The van der Waals surface area contributed by atoms with Gasteiger partial charge in [-0.3, -0.25) is 14.7 Å². The Morgan fingerprint density at radius 2 is 2.12 bits per heavy atom. The number of hydrogen-bond donors (Lipinski definition) is 3. The SMILES string of the molecule is COc1c(C)cnc(CN2C(=O)/C(=C/c3cc(C(=O)O)c[nH]3)c3c(Cl)nc(N)nc32)c1C. The minimum atomic E-state index is -1.09. The second kappa shape index (κ2) is 7.97. The zero-order chi connectivity index (χ0) is 23.2. The number of ether oxygens (including phenoxy) is 1. The fraction of sp³-hybridized carbons (Fsp3) is 0.190. The standard InChI is InChI=1S/C21H19ClN6O4/c1-9-6-25-14(10(2)16(9)32-3)8-28-18-15(17(22)26-21(23)27-18)13(19(28)29)5-12-4-11(7-24-12)20(30)31/h4-7,24H,8H2,1-3H3,(H,30,31)(H2,23,26,27)/b13-5+. The highest BCUT2D eigenvalue weighted by atomic mass is 35.5. The van der Waals surface area contributed by atoms with E-state index in [1.807, 2.05) is 13.8 Å². The van der Waals surface area contributed by atoms with Crippen LogP contribution in [0.25, 0.3) is 11.6 Å².